The van der Waals surface area contributed by atoms with Crippen molar-refractivity contribution in [3.8, 4) is 5.75 Å². The summed E-state index contributed by atoms with van der Waals surface area (Å²) in [6.07, 6.45) is -0.878. The zero-order valence-electron chi connectivity index (χ0n) is 10.8. The molecule has 5 heteroatoms. The lowest BCUT2D eigenvalue weighted by molar-refractivity contribution is -0.122. The molecule has 2 aromatic carbocycles. The first-order valence-electron chi connectivity index (χ1n) is 6.04. The van der Waals surface area contributed by atoms with Gasteiger partial charge >= 0.3 is 0 Å². The Morgan fingerprint density at radius 3 is 2.40 bits per heavy atom. The van der Waals surface area contributed by atoms with Crippen LogP contribution in [0.4, 0.5) is 14.5 Å². The molecular weight excluding hydrogens is 264 g/mol. The average molecular weight is 277 g/mol. The van der Waals surface area contributed by atoms with Gasteiger partial charge in [-0.2, -0.15) is 0 Å². The summed E-state index contributed by atoms with van der Waals surface area (Å²) < 4.78 is 31.4. The molecule has 0 saturated heterocycles. The van der Waals surface area contributed by atoms with Crippen molar-refractivity contribution >= 4 is 11.6 Å². The van der Waals surface area contributed by atoms with Gasteiger partial charge in [-0.05, 0) is 43.3 Å². The Balaban J connectivity index is 1.99. The minimum Gasteiger partial charge on any atom is -0.478 e. The maximum atomic E-state index is 13.4. The highest BCUT2D eigenvalue weighted by Crippen LogP contribution is 2.17. The number of halogens is 2. The predicted molar refractivity (Wildman–Crippen MR) is 71.5 cm³/mol. The number of ether oxygens (including phenoxy) is 1. The van der Waals surface area contributed by atoms with Gasteiger partial charge in [0.2, 0.25) is 0 Å². The summed E-state index contributed by atoms with van der Waals surface area (Å²) in [5, 5.41) is 2.56. The largest absolute Gasteiger partial charge is 0.478 e. The zero-order chi connectivity index (χ0) is 14.5. The molecular formula is C15H13F2NO2. The van der Waals surface area contributed by atoms with Gasteiger partial charge < -0.3 is 10.1 Å². The highest BCUT2D eigenvalue weighted by molar-refractivity contribution is 5.94. The Hall–Kier alpha value is -2.43. The highest BCUT2D eigenvalue weighted by atomic mass is 19.1. The Morgan fingerprint density at radius 1 is 1.10 bits per heavy atom. The molecule has 1 atom stereocenters. The molecule has 0 aliphatic carbocycles. The first-order valence-corrected chi connectivity index (χ1v) is 6.04. The van der Waals surface area contributed by atoms with Crippen LogP contribution in [0.15, 0.2) is 48.5 Å². The van der Waals surface area contributed by atoms with Crippen molar-refractivity contribution in [3.63, 3.8) is 0 Å². The van der Waals surface area contributed by atoms with Crippen molar-refractivity contribution in [1.29, 1.82) is 0 Å². The van der Waals surface area contributed by atoms with Crippen LogP contribution in [0.5, 0.6) is 5.75 Å². The number of nitrogens with one attached hydrogen (secondary N) is 1. The van der Waals surface area contributed by atoms with Crippen molar-refractivity contribution in [3.05, 3.63) is 60.2 Å². The van der Waals surface area contributed by atoms with E-state index in [0.717, 1.165) is 0 Å². The molecule has 0 saturated carbocycles. The van der Waals surface area contributed by atoms with Crippen molar-refractivity contribution in [1.82, 2.24) is 0 Å². The molecule has 20 heavy (non-hydrogen) atoms. The number of rotatable bonds is 4. The summed E-state index contributed by atoms with van der Waals surface area (Å²) in [4.78, 5) is 11.9. The fourth-order valence-corrected chi connectivity index (χ4v) is 1.56. The van der Waals surface area contributed by atoms with E-state index in [1.807, 2.05) is 0 Å². The van der Waals surface area contributed by atoms with E-state index in [9.17, 15) is 13.6 Å². The Morgan fingerprint density at radius 2 is 1.75 bits per heavy atom. The first-order chi connectivity index (χ1) is 9.56. The molecule has 2 aromatic rings. The normalized spacial score (nSPS) is 11.8. The fourth-order valence-electron chi connectivity index (χ4n) is 1.56. The third kappa shape index (κ3) is 3.54. The number of carbonyl (C=O) groups is 1. The summed E-state index contributed by atoms with van der Waals surface area (Å²) in [5.74, 6) is -1.36. The van der Waals surface area contributed by atoms with Gasteiger partial charge in [0.25, 0.3) is 5.91 Å². The summed E-state index contributed by atoms with van der Waals surface area (Å²) >= 11 is 0. The molecule has 3 nitrogen and oxygen atoms in total. The molecule has 1 N–H and O–H groups in total. The number of benzene rings is 2. The third-order valence-electron chi connectivity index (χ3n) is 2.62. The van der Waals surface area contributed by atoms with Gasteiger partial charge in [0.05, 0.1) is 0 Å². The molecule has 0 fully saturated rings. The fraction of sp³-hybridized carbons (Fsp3) is 0.133. The Kier molecular flexibility index (Phi) is 4.30. The smallest absolute Gasteiger partial charge is 0.265 e. The average Bonchev–Trinajstić information content (AvgIpc) is 2.44. The number of anilines is 1. The molecule has 1 amide bonds. The van der Waals surface area contributed by atoms with Crippen molar-refractivity contribution < 1.29 is 18.3 Å². The first kappa shape index (κ1) is 14.0. The Labute approximate surface area is 115 Å². The van der Waals surface area contributed by atoms with E-state index < -0.39 is 23.6 Å². The third-order valence-corrected chi connectivity index (χ3v) is 2.62. The number of hydrogen-bond acceptors (Lipinski definition) is 2. The van der Waals surface area contributed by atoms with Crippen LogP contribution in [-0.4, -0.2) is 12.0 Å². The van der Waals surface area contributed by atoms with Gasteiger partial charge in [-0.25, -0.2) is 8.78 Å². The predicted octanol–water partition coefficient (Wildman–Crippen LogP) is 3.37. The van der Waals surface area contributed by atoms with Gasteiger partial charge in [-0.3, -0.25) is 4.79 Å². The summed E-state index contributed by atoms with van der Waals surface area (Å²) in [6, 6.07) is 11.2. The molecule has 2 rings (SSSR count). The van der Waals surface area contributed by atoms with Crippen LogP contribution < -0.4 is 10.1 Å². The molecule has 0 unspecified atom stereocenters. The lowest BCUT2D eigenvalue weighted by atomic mass is 10.3. The van der Waals surface area contributed by atoms with Gasteiger partial charge in [0, 0.05) is 5.69 Å². The van der Waals surface area contributed by atoms with E-state index in [1.165, 1.54) is 49.4 Å². The number of amides is 1. The van der Waals surface area contributed by atoms with Crippen LogP contribution in [-0.2, 0) is 4.79 Å². The van der Waals surface area contributed by atoms with E-state index in [-0.39, 0.29) is 5.75 Å². The second-order valence-electron chi connectivity index (χ2n) is 4.19. The van der Waals surface area contributed by atoms with E-state index in [1.54, 1.807) is 6.07 Å². The van der Waals surface area contributed by atoms with Crippen LogP contribution in [0, 0.1) is 11.6 Å². The zero-order valence-corrected chi connectivity index (χ0v) is 10.8. The van der Waals surface area contributed by atoms with E-state index in [4.69, 9.17) is 4.74 Å². The molecule has 0 aromatic heterocycles. The van der Waals surface area contributed by atoms with Crippen LogP contribution in [0.25, 0.3) is 0 Å². The van der Waals surface area contributed by atoms with E-state index in [2.05, 4.69) is 5.32 Å². The summed E-state index contributed by atoms with van der Waals surface area (Å²) in [6.45, 7) is 1.51. The van der Waals surface area contributed by atoms with Crippen LogP contribution >= 0.6 is 0 Å². The SMILES string of the molecule is C[C@H](Oc1ccccc1F)C(=O)Nc1ccc(F)cc1. The number of para-hydroxylation sites is 1. The molecule has 0 aliphatic heterocycles. The maximum Gasteiger partial charge on any atom is 0.265 e. The summed E-state index contributed by atoms with van der Waals surface area (Å²) in [5.41, 5.74) is 0.445. The molecule has 0 aliphatic rings. The lowest BCUT2D eigenvalue weighted by Gasteiger charge is -2.15. The van der Waals surface area contributed by atoms with E-state index in [0.29, 0.717) is 5.69 Å². The van der Waals surface area contributed by atoms with Crippen molar-refractivity contribution in [2.24, 2.45) is 0 Å². The topological polar surface area (TPSA) is 38.3 Å². The molecule has 0 radical (unpaired) electrons. The Bertz CT molecular complexity index is 599. The molecule has 0 bridgehead atoms. The second kappa shape index (κ2) is 6.14. The van der Waals surface area contributed by atoms with Crippen LogP contribution in [0.2, 0.25) is 0 Å². The minimum atomic E-state index is -0.878. The maximum absolute atomic E-state index is 13.4. The quantitative estimate of drug-likeness (QED) is 0.930. The summed E-state index contributed by atoms with van der Waals surface area (Å²) in [7, 11) is 0. The van der Waals surface area contributed by atoms with Gasteiger partial charge in [-0.15, -0.1) is 0 Å². The second-order valence-corrected chi connectivity index (χ2v) is 4.19. The van der Waals surface area contributed by atoms with Crippen molar-refractivity contribution in [2.75, 3.05) is 5.32 Å². The molecule has 104 valence electrons. The van der Waals surface area contributed by atoms with Gasteiger partial charge in [0.15, 0.2) is 17.7 Å². The highest BCUT2D eigenvalue weighted by Gasteiger charge is 2.16. The van der Waals surface area contributed by atoms with Crippen LogP contribution in [0.1, 0.15) is 6.92 Å². The standard InChI is InChI=1S/C15H13F2NO2/c1-10(20-14-5-3-2-4-13(14)17)15(19)18-12-8-6-11(16)7-9-12/h2-10H,1H3,(H,18,19)/t10-/m0/s1. The van der Waals surface area contributed by atoms with Gasteiger partial charge in [0.1, 0.15) is 5.82 Å². The number of carbonyl (C=O) groups excluding carboxylic acids is 1. The molecule has 0 heterocycles. The number of hydrogen-bond donors (Lipinski definition) is 1. The minimum absolute atomic E-state index is 0.00857. The van der Waals surface area contributed by atoms with Crippen LogP contribution in [0.3, 0.4) is 0 Å². The molecule has 0 spiro atoms. The monoisotopic (exact) mass is 277 g/mol. The van der Waals surface area contributed by atoms with Gasteiger partial charge in [-0.1, -0.05) is 12.1 Å². The van der Waals surface area contributed by atoms with E-state index >= 15 is 0 Å². The van der Waals surface area contributed by atoms with Crippen molar-refractivity contribution in [2.45, 2.75) is 13.0 Å². The lowest BCUT2D eigenvalue weighted by Crippen LogP contribution is -2.30.